The Kier molecular flexibility index (Phi) is 4.43. The molecule has 98 valence electrons. The van der Waals surface area contributed by atoms with Crippen molar-refractivity contribution in [1.29, 1.82) is 0 Å². The van der Waals surface area contributed by atoms with E-state index >= 15 is 0 Å². The number of carboxylic acids is 1. The zero-order chi connectivity index (χ0) is 12.3. The van der Waals surface area contributed by atoms with Crippen molar-refractivity contribution in [3.63, 3.8) is 0 Å². The number of likely N-dealkylation sites (tertiary alicyclic amines) is 1. The van der Waals surface area contributed by atoms with Crippen LogP contribution in [0.3, 0.4) is 0 Å². The summed E-state index contributed by atoms with van der Waals surface area (Å²) in [6.45, 7) is 5.15. The van der Waals surface area contributed by atoms with Gasteiger partial charge in [0.25, 0.3) is 0 Å². The molecule has 17 heavy (non-hydrogen) atoms. The smallest absolute Gasteiger partial charge is 0.307 e. The normalized spacial score (nSPS) is 31.8. The van der Waals surface area contributed by atoms with Crippen LogP contribution in [0.5, 0.6) is 0 Å². The lowest BCUT2D eigenvalue weighted by Crippen LogP contribution is -2.43. The summed E-state index contributed by atoms with van der Waals surface area (Å²) in [7, 11) is 0. The number of carboxylic acid groups (broad SMARTS) is 1. The molecule has 3 nitrogen and oxygen atoms in total. The maximum atomic E-state index is 11.1. The third-order valence-corrected chi connectivity index (χ3v) is 4.41. The Labute approximate surface area is 104 Å². The lowest BCUT2D eigenvalue weighted by molar-refractivity contribution is -0.144. The molecule has 1 aliphatic heterocycles. The Morgan fingerprint density at radius 2 is 2.00 bits per heavy atom. The third kappa shape index (κ3) is 3.70. The fraction of sp³-hybridized carbons (Fsp3) is 0.929. The molecule has 0 aromatic rings. The maximum Gasteiger partial charge on any atom is 0.307 e. The van der Waals surface area contributed by atoms with Gasteiger partial charge in [-0.25, -0.2) is 0 Å². The van der Waals surface area contributed by atoms with Crippen molar-refractivity contribution in [2.75, 3.05) is 19.6 Å². The number of hydrogen-bond donors (Lipinski definition) is 1. The molecule has 0 bridgehead atoms. The summed E-state index contributed by atoms with van der Waals surface area (Å²) >= 11 is 0. The zero-order valence-corrected chi connectivity index (χ0v) is 10.9. The molecule has 1 saturated carbocycles. The molecule has 3 heteroatoms. The van der Waals surface area contributed by atoms with E-state index in [1.807, 2.05) is 0 Å². The van der Waals surface area contributed by atoms with Crippen molar-refractivity contribution in [3.05, 3.63) is 0 Å². The lowest BCUT2D eigenvalue weighted by Gasteiger charge is -2.35. The van der Waals surface area contributed by atoms with Gasteiger partial charge in [-0.3, -0.25) is 4.79 Å². The molecule has 2 aliphatic rings. The van der Waals surface area contributed by atoms with Crippen molar-refractivity contribution in [1.82, 2.24) is 4.90 Å². The molecular formula is C14H25NO2. The van der Waals surface area contributed by atoms with Gasteiger partial charge < -0.3 is 10.0 Å². The van der Waals surface area contributed by atoms with Gasteiger partial charge in [0.1, 0.15) is 0 Å². The van der Waals surface area contributed by atoms with Crippen LogP contribution in [0.2, 0.25) is 0 Å². The maximum absolute atomic E-state index is 11.1. The molecule has 0 aromatic carbocycles. The average molecular weight is 239 g/mol. The summed E-state index contributed by atoms with van der Waals surface area (Å²) in [6.07, 6.45) is 7.73. The Morgan fingerprint density at radius 3 is 2.65 bits per heavy atom. The summed E-state index contributed by atoms with van der Waals surface area (Å²) in [5, 5.41) is 9.13. The SMILES string of the molecule is CC1CC(C(=O)O)CN(CCC2CCCC2)C1. The van der Waals surface area contributed by atoms with Gasteiger partial charge in [-0.2, -0.15) is 0 Å². The Morgan fingerprint density at radius 1 is 1.29 bits per heavy atom. The van der Waals surface area contributed by atoms with Crippen LogP contribution in [0.15, 0.2) is 0 Å². The first-order valence-corrected chi connectivity index (χ1v) is 7.10. The minimum atomic E-state index is -0.609. The van der Waals surface area contributed by atoms with Crippen LogP contribution in [-0.4, -0.2) is 35.6 Å². The van der Waals surface area contributed by atoms with E-state index in [4.69, 9.17) is 5.11 Å². The Balaban J connectivity index is 1.77. The third-order valence-electron chi connectivity index (χ3n) is 4.41. The molecular weight excluding hydrogens is 214 g/mol. The first-order valence-electron chi connectivity index (χ1n) is 7.10. The molecule has 0 spiro atoms. The number of carbonyl (C=O) groups is 1. The molecule has 0 aromatic heterocycles. The van der Waals surface area contributed by atoms with E-state index < -0.39 is 5.97 Å². The van der Waals surface area contributed by atoms with E-state index in [-0.39, 0.29) is 5.92 Å². The standard InChI is InChI=1S/C14H25NO2/c1-11-8-13(14(16)17)10-15(9-11)7-6-12-4-2-3-5-12/h11-13H,2-10H2,1H3,(H,16,17). The highest BCUT2D eigenvalue weighted by molar-refractivity contribution is 5.70. The van der Waals surface area contributed by atoms with Crippen LogP contribution in [0, 0.1) is 17.8 Å². The molecule has 2 atom stereocenters. The van der Waals surface area contributed by atoms with Crippen molar-refractivity contribution < 1.29 is 9.90 Å². The van der Waals surface area contributed by atoms with Crippen LogP contribution < -0.4 is 0 Å². The summed E-state index contributed by atoms with van der Waals surface area (Å²) in [5.41, 5.74) is 0. The first kappa shape index (κ1) is 12.9. The molecule has 1 saturated heterocycles. The molecule has 2 fully saturated rings. The fourth-order valence-electron chi connectivity index (χ4n) is 3.49. The van der Waals surface area contributed by atoms with Gasteiger partial charge in [-0.05, 0) is 31.2 Å². The second-order valence-corrected chi connectivity index (χ2v) is 6.07. The van der Waals surface area contributed by atoms with Gasteiger partial charge >= 0.3 is 5.97 Å². The van der Waals surface area contributed by atoms with Crippen LogP contribution in [0.25, 0.3) is 0 Å². The van der Waals surface area contributed by atoms with Crippen molar-refractivity contribution >= 4 is 5.97 Å². The number of aliphatic carboxylic acids is 1. The van der Waals surface area contributed by atoms with E-state index in [1.165, 1.54) is 32.1 Å². The molecule has 0 amide bonds. The van der Waals surface area contributed by atoms with Gasteiger partial charge in [0.15, 0.2) is 0 Å². The van der Waals surface area contributed by atoms with E-state index in [2.05, 4.69) is 11.8 Å². The van der Waals surface area contributed by atoms with Gasteiger partial charge in [0.2, 0.25) is 0 Å². The largest absolute Gasteiger partial charge is 0.481 e. The topological polar surface area (TPSA) is 40.5 Å². The van der Waals surface area contributed by atoms with E-state index in [1.54, 1.807) is 0 Å². The molecule has 2 unspecified atom stereocenters. The molecule has 2 rings (SSSR count). The number of rotatable bonds is 4. The predicted molar refractivity (Wildman–Crippen MR) is 67.9 cm³/mol. The van der Waals surface area contributed by atoms with Crippen molar-refractivity contribution in [2.45, 2.75) is 45.4 Å². The minimum absolute atomic E-state index is 0.137. The number of piperidine rings is 1. The lowest BCUT2D eigenvalue weighted by atomic mass is 9.90. The molecule has 1 N–H and O–H groups in total. The number of hydrogen-bond acceptors (Lipinski definition) is 2. The minimum Gasteiger partial charge on any atom is -0.481 e. The second-order valence-electron chi connectivity index (χ2n) is 6.07. The zero-order valence-electron chi connectivity index (χ0n) is 10.9. The Hall–Kier alpha value is -0.570. The summed E-state index contributed by atoms with van der Waals surface area (Å²) in [6, 6.07) is 0. The van der Waals surface area contributed by atoms with Crippen LogP contribution in [0.4, 0.5) is 0 Å². The second kappa shape index (κ2) is 5.85. The number of nitrogens with zero attached hydrogens (tertiary/aromatic N) is 1. The van der Waals surface area contributed by atoms with E-state index in [0.29, 0.717) is 5.92 Å². The molecule has 1 heterocycles. The van der Waals surface area contributed by atoms with Gasteiger partial charge in [0.05, 0.1) is 5.92 Å². The highest BCUT2D eigenvalue weighted by Crippen LogP contribution is 2.29. The molecule has 1 aliphatic carbocycles. The van der Waals surface area contributed by atoms with Crippen LogP contribution in [-0.2, 0) is 4.79 Å². The monoisotopic (exact) mass is 239 g/mol. The highest BCUT2D eigenvalue weighted by atomic mass is 16.4. The van der Waals surface area contributed by atoms with Crippen molar-refractivity contribution in [2.24, 2.45) is 17.8 Å². The van der Waals surface area contributed by atoms with Gasteiger partial charge in [-0.1, -0.05) is 32.6 Å². The summed E-state index contributed by atoms with van der Waals surface area (Å²) < 4.78 is 0. The summed E-state index contributed by atoms with van der Waals surface area (Å²) in [5.74, 6) is 0.702. The van der Waals surface area contributed by atoms with Crippen LogP contribution >= 0.6 is 0 Å². The van der Waals surface area contributed by atoms with Crippen LogP contribution in [0.1, 0.15) is 45.4 Å². The van der Waals surface area contributed by atoms with E-state index in [9.17, 15) is 4.79 Å². The van der Waals surface area contributed by atoms with Gasteiger partial charge in [0, 0.05) is 13.1 Å². The quantitative estimate of drug-likeness (QED) is 0.820. The first-order chi connectivity index (χ1) is 8.15. The van der Waals surface area contributed by atoms with Crippen molar-refractivity contribution in [3.8, 4) is 0 Å². The predicted octanol–water partition coefficient (Wildman–Crippen LogP) is 2.61. The average Bonchev–Trinajstić information content (AvgIpc) is 2.78. The molecule has 0 radical (unpaired) electrons. The Bertz CT molecular complexity index is 261. The summed E-state index contributed by atoms with van der Waals surface area (Å²) in [4.78, 5) is 13.5. The highest BCUT2D eigenvalue weighted by Gasteiger charge is 2.29. The van der Waals surface area contributed by atoms with Gasteiger partial charge in [-0.15, -0.1) is 0 Å². The fourth-order valence-corrected chi connectivity index (χ4v) is 3.49. The van der Waals surface area contributed by atoms with E-state index in [0.717, 1.165) is 32.0 Å².